The van der Waals surface area contributed by atoms with Gasteiger partial charge in [-0.2, -0.15) is 0 Å². The van der Waals surface area contributed by atoms with E-state index in [4.69, 9.17) is 12.2 Å². The van der Waals surface area contributed by atoms with Gasteiger partial charge in [0.05, 0.1) is 0 Å². The lowest BCUT2D eigenvalue weighted by atomic mass is 9.79. The SMILES string of the molecule is C[C@@H](CC(C)(C)c1ccccc1)NC(=S)Nc1ccc(Br)cc1. The van der Waals surface area contributed by atoms with Gasteiger partial charge in [0.1, 0.15) is 0 Å². The summed E-state index contributed by atoms with van der Waals surface area (Å²) in [6.45, 7) is 6.71. The number of anilines is 1. The van der Waals surface area contributed by atoms with E-state index in [-0.39, 0.29) is 11.5 Å². The Morgan fingerprint density at radius 2 is 1.70 bits per heavy atom. The maximum atomic E-state index is 5.42. The average molecular weight is 391 g/mol. The third-order valence-corrected chi connectivity index (χ3v) is 4.60. The summed E-state index contributed by atoms with van der Waals surface area (Å²) in [4.78, 5) is 0. The predicted molar refractivity (Wildman–Crippen MR) is 107 cm³/mol. The Bertz CT molecular complexity index is 638. The molecule has 122 valence electrons. The highest BCUT2D eigenvalue weighted by atomic mass is 79.9. The molecule has 0 fully saturated rings. The summed E-state index contributed by atoms with van der Waals surface area (Å²) in [6, 6.07) is 18.9. The second-order valence-electron chi connectivity index (χ2n) is 6.46. The standard InChI is InChI=1S/C19H23BrN2S/c1-14(13-19(2,3)15-7-5-4-6-8-15)21-18(23)22-17-11-9-16(20)10-12-17/h4-12,14H,13H2,1-3H3,(H2,21,22,23)/t14-/m0/s1. The third-order valence-electron chi connectivity index (χ3n) is 3.85. The quantitative estimate of drug-likeness (QED) is 0.659. The van der Waals surface area contributed by atoms with Crippen molar-refractivity contribution in [1.82, 2.24) is 5.32 Å². The monoisotopic (exact) mass is 390 g/mol. The molecule has 0 aromatic heterocycles. The van der Waals surface area contributed by atoms with Crippen molar-refractivity contribution < 1.29 is 0 Å². The van der Waals surface area contributed by atoms with Crippen molar-refractivity contribution in [3.05, 3.63) is 64.6 Å². The second-order valence-corrected chi connectivity index (χ2v) is 7.78. The van der Waals surface area contributed by atoms with E-state index >= 15 is 0 Å². The minimum absolute atomic E-state index is 0.0981. The molecule has 2 aromatic rings. The lowest BCUT2D eigenvalue weighted by Crippen LogP contribution is -2.39. The van der Waals surface area contributed by atoms with Crippen LogP contribution >= 0.6 is 28.1 Å². The fraction of sp³-hybridized carbons (Fsp3) is 0.316. The van der Waals surface area contributed by atoms with Crippen molar-refractivity contribution in [1.29, 1.82) is 0 Å². The molecule has 23 heavy (non-hydrogen) atoms. The van der Waals surface area contributed by atoms with Gasteiger partial charge >= 0.3 is 0 Å². The van der Waals surface area contributed by atoms with Gasteiger partial charge in [0.15, 0.2) is 5.11 Å². The third kappa shape index (κ3) is 5.63. The van der Waals surface area contributed by atoms with Crippen molar-refractivity contribution in [2.75, 3.05) is 5.32 Å². The van der Waals surface area contributed by atoms with Crippen LogP contribution in [-0.2, 0) is 5.41 Å². The van der Waals surface area contributed by atoms with E-state index in [1.165, 1.54) is 5.56 Å². The van der Waals surface area contributed by atoms with Gasteiger partial charge in [-0.25, -0.2) is 0 Å². The molecule has 0 heterocycles. The molecule has 0 aliphatic carbocycles. The normalized spacial score (nSPS) is 12.5. The summed E-state index contributed by atoms with van der Waals surface area (Å²) in [5.41, 5.74) is 2.43. The molecule has 0 saturated heterocycles. The lowest BCUT2D eigenvalue weighted by Gasteiger charge is -2.29. The van der Waals surface area contributed by atoms with Crippen molar-refractivity contribution in [3.8, 4) is 0 Å². The minimum atomic E-state index is 0.0981. The maximum Gasteiger partial charge on any atom is 0.170 e. The van der Waals surface area contributed by atoms with Gasteiger partial charge in [-0.1, -0.05) is 60.1 Å². The van der Waals surface area contributed by atoms with Crippen LogP contribution in [0.4, 0.5) is 5.69 Å². The molecule has 0 saturated carbocycles. The molecule has 2 aromatic carbocycles. The first kappa shape index (κ1) is 18.0. The number of halogens is 1. The first-order chi connectivity index (χ1) is 10.9. The summed E-state index contributed by atoms with van der Waals surface area (Å²) in [5, 5.41) is 7.26. The van der Waals surface area contributed by atoms with Gasteiger partial charge in [-0.3, -0.25) is 0 Å². The van der Waals surface area contributed by atoms with Crippen molar-refractivity contribution in [3.63, 3.8) is 0 Å². The van der Waals surface area contributed by atoms with E-state index in [9.17, 15) is 0 Å². The van der Waals surface area contributed by atoms with Gasteiger partial charge in [0.2, 0.25) is 0 Å². The molecular formula is C19H23BrN2S. The number of hydrogen-bond acceptors (Lipinski definition) is 1. The highest BCUT2D eigenvalue weighted by Gasteiger charge is 2.23. The van der Waals surface area contributed by atoms with Crippen molar-refractivity contribution >= 4 is 38.9 Å². The molecule has 2 rings (SSSR count). The minimum Gasteiger partial charge on any atom is -0.360 e. The topological polar surface area (TPSA) is 24.1 Å². The first-order valence-electron chi connectivity index (χ1n) is 7.75. The van der Waals surface area contributed by atoms with Crippen molar-refractivity contribution in [2.45, 2.75) is 38.6 Å². The number of nitrogens with one attached hydrogen (secondary N) is 2. The van der Waals surface area contributed by atoms with Crippen LogP contribution in [0.15, 0.2) is 59.1 Å². The molecule has 0 aliphatic rings. The highest BCUT2D eigenvalue weighted by molar-refractivity contribution is 9.10. The Kier molecular flexibility index (Phi) is 6.19. The molecular weight excluding hydrogens is 368 g/mol. The number of rotatable bonds is 5. The van der Waals surface area contributed by atoms with Crippen LogP contribution in [0.1, 0.15) is 32.8 Å². The Morgan fingerprint density at radius 1 is 1.09 bits per heavy atom. The molecule has 0 bridgehead atoms. The molecule has 2 N–H and O–H groups in total. The molecule has 4 heteroatoms. The van der Waals surface area contributed by atoms with E-state index in [1.807, 2.05) is 24.3 Å². The molecule has 1 atom stereocenters. The maximum absolute atomic E-state index is 5.42. The van der Waals surface area contributed by atoms with Gasteiger partial charge in [-0.15, -0.1) is 0 Å². The van der Waals surface area contributed by atoms with Gasteiger partial charge in [0, 0.05) is 16.2 Å². The second kappa shape index (κ2) is 7.93. The largest absolute Gasteiger partial charge is 0.360 e. The van der Waals surface area contributed by atoms with Gasteiger partial charge in [-0.05, 0) is 60.8 Å². The highest BCUT2D eigenvalue weighted by Crippen LogP contribution is 2.28. The Hall–Kier alpha value is -1.39. The van der Waals surface area contributed by atoms with E-state index in [2.05, 4.69) is 77.7 Å². The summed E-state index contributed by atoms with van der Waals surface area (Å²) in [7, 11) is 0. The molecule has 0 amide bonds. The fourth-order valence-electron chi connectivity index (χ4n) is 2.75. The van der Waals surface area contributed by atoms with E-state index in [1.54, 1.807) is 0 Å². The Balaban J connectivity index is 1.89. The summed E-state index contributed by atoms with van der Waals surface area (Å²) >= 11 is 8.85. The molecule has 0 unspecified atom stereocenters. The van der Waals surface area contributed by atoms with Gasteiger partial charge < -0.3 is 10.6 Å². The summed E-state index contributed by atoms with van der Waals surface area (Å²) in [5.74, 6) is 0. The predicted octanol–water partition coefficient (Wildman–Crippen LogP) is 5.49. The smallest absolute Gasteiger partial charge is 0.170 e. The lowest BCUT2D eigenvalue weighted by molar-refractivity contribution is 0.420. The fourth-order valence-corrected chi connectivity index (χ4v) is 3.33. The van der Waals surface area contributed by atoms with E-state index < -0.39 is 0 Å². The number of hydrogen-bond donors (Lipinski definition) is 2. The van der Waals surface area contributed by atoms with Crippen LogP contribution in [0, 0.1) is 0 Å². The molecule has 0 radical (unpaired) electrons. The first-order valence-corrected chi connectivity index (χ1v) is 8.95. The number of benzene rings is 2. The van der Waals surface area contributed by atoms with Crippen LogP contribution in [0.5, 0.6) is 0 Å². The van der Waals surface area contributed by atoms with E-state index in [0.717, 1.165) is 16.6 Å². The van der Waals surface area contributed by atoms with Crippen LogP contribution in [0.2, 0.25) is 0 Å². The zero-order chi connectivity index (χ0) is 16.9. The average Bonchev–Trinajstić information content (AvgIpc) is 2.49. The molecule has 0 spiro atoms. The summed E-state index contributed by atoms with van der Waals surface area (Å²) < 4.78 is 1.06. The van der Waals surface area contributed by atoms with Crippen LogP contribution in [0.3, 0.4) is 0 Å². The Morgan fingerprint density at radius 3 is 2.30 bits per heavy atom. The van der Waals surface area contributed by atoms with E-state index in [0.29, 0.717) is 5.11 Å². The van der Waals surface area contributed by atoms with Crippen LogP contribution in [-0.4, -0.2) is 11.2 Å². The van der Waals surface area contributed by atoms with Crippen LogP contribution < -0.4 is 10.6 Å². The number of thiocarbonyl (C=S) groups is 1. The molecule has 0 aliphatic heterocycles. The molecule has 2 nitrogen and oxygen atoms in total. The van der Waals surface area contributed by atoms with Crippen molar-refractivity contribution in [2.24, 2.45) is 0 Å². The van der Waals surface area contributed by atoms with Crippen LogP contribution in [0.25, 0.3) is 0 Å². The zero-order valence-corrected chi connectivity index (χ0v) is 16.2. The Labute approximate surface area is 152 Å². The summed E-state index contributed by atoms with van der Waals surface area (Å²) in [6.07, 6.45) is 0.999. The van der Waals surface area contributed by atoms with Gasteiger partial charge in [0.25, 0.3) is 0 Å². The zero-order valence-electron chi connectivity index (χ0n) is 13.8.